The van der Waals surface area contributed by atoms with Crippen LogP contribution in [0.4, 0.5) is 0 Å². The third kappa shape index (κ3) is 5.56. The quantitative estimate of drug-likeness (QED) is 0.650. The van der Waals surface area contributed by atoms with Gasteiger partial charge in [-0.3, -0.25) is 9.59 Å². The van der Waals surface area contributed by atoms with Gasteiger partial charge in [0.05, 0.1) is 10.8 Å². The molecule has 9 heteroatoms. The Labute approximate surface area is 183 Å². The molecule has 2 atom stereocenters. The number of benzene rings is 1. The number of rotatable bonds is 8. The molecule has 2 heterocycles. The molecule has 7 nitrogen and oxygen atoms in total. The Morgan fingerprint density at radius 2 is 1.83 bits per heavy atom. The number of likely N-dealkylation sites (tertiary alicyclic amines) is 1. The lowest BCUT2D eigenvalue weighted by Crippen LogP contribution is -2.52. The number of carbonyl (C=O) groups excluding carboxylic acids is 2. The average molecular weight is 454 g/mol. The van der Waals surface area contributed by atoms with Crippen molar-refractivity contribution in [1.29, 1.82) is 0 Å². The summed E-state index contributed by atoms with van der Waals surface area (Å²) in [6, 6.07) is 7.78. The first-order chi connectivity index (χ1) is 14.4. The Kier molecular flexibility index (Phi) is 8.19. The first-order valence-electron chi connectivity index (χ1n) is 10.6. The molecule has 1 aromatic rings. The molecule has 2 saturated heterocycles. The van der Waals surface area contributed by atoms with E-state index in [1.807, 2.05) is 11.2 Å². The predicted octanol–water partition coefficient (Wildman–Crippen LogP) is 1.95. The Hall–Kier alpha value is -1.58. The lowest BCUT2D eigenvalue weighted by atomic mass is 9.98. The first-order valence-corrected chi connectivity index (χ1v) is 13.4. The van der Waals surface area contributed by atoms with Gasteiger partial charge in [0.15, 0.2) is 0 Å². The van der Waals surface area contributed by atoms with E-state index in [0.29, 0.717) is 25.8 Å². The molecule has 2 aliphatic heterocycles. The highest BCUT2D eigenvalue weighted by Crippen LogP contribution is 2.24. The Morgan fingerprint density at radius 1 is 1.13 bits per heavy atom. The molecule has 0 unspecified atom stereocenters. The summed E-state index contributed by atoms with van der Waals surface area (Å²) in [4.78, 5) is 27.9. The fraction of sp³-hybridized carbons (Fsp3) is 0.619. The molecule has 0 spiro atoms. The molecule has 1 N–H and O–H groups in total. The lowest BCUT2D eigenvalue weighted by molar-refractivity contribution is -0.137. The van der Waals surface area contributed by atoms with Gasteiger partial charge in [0.1, 0.15) is 6.04 Å². The van der Waals surface area contributed by atoms with Crippen molar-refractivity contribution in [3.8, 4) is 0 Å². The van der Waals surface area contributed by atoms with E-state index in [1.165, 1.54) is 4.31 Å². The maximum absolute atomic E-state index is 13.0. The summed E-state index contributed by atoms with van der Waals surface area (Å²) in [5.41, 5.74) is 0. The minimum absolute atomic E-state index is 0.0144. The van der Waals surface area contributed by atoms with Crippen LogP contribution in [0.1, 0.15) is 32.1 Å². The van der Waals surface area contributed by atoms with E-state index in [0.717, 1.165) is 31.7 Å². The summed E-state index contributed by atoms with van der Waals surface area (Å²) < 4.78 is 27.3. The zero-order valence-electron chi connectivity index (χ0n) is 17.5. The van der Waals surface area contributed by atoms with Gasteiger partial charge in [0, 0.05) is 26.2 Å². The minimum Gasteiger partial charge on any atom is -0.344 e. The Morgan fingerprint density at radius 3 is 2.50 bits per heavy atom. The summed E-state index contributed by atoms with van der Waals surface area (Å²) in [5.74, 6) is 0.102. The van der Waals surface area contributed by atoms with Crippen LogP contribution in [0.15, 0.2) is 35.2 Å². The van der Waals surface area contributed by atoms with Crippen LogP contribution in [0.25, 0.3) is 0 Å². The van der Waals surface area contributed by atoms with E-state index in [2.05, 4.69) is 5.32 Å². The summed E-state index contributed by atoms with van der Waals surface area (Å²) in [5, 5.41) is 2.95. The molecule has 30 heavy (non-hydrogen) atoms. The highest BCUT2D eigenvalue weighted by atomic mass is 32.2. The van der Waals surface area contributed by atoms with Crippen LogP contribution in [-0.2, 0) is 19.6 Å². The third-order valence-electron chi connectivity index (χ3n) is 5.78. The Bertz CT molecular complexity index is 826. The Balaban J connectivity index is 1.66. The predicted molar refractivity (Wildman–Crippen MR) is 119 cm³/mol. The normalized spacial score (nSPS) is 21.4. The largest absolute Gasteiger partial charge is 0.344 e. The molecule has 1 aromatic carbocycles. The van der Waals surface area contributed by atoms with Crippen molar-refractivity contribution in [2.24, 2.45) is 5.92 Å². The fourth-order valence-electron chi connectivity index (χ4n) is 4.06. The van der Waals surface area contributed by atoms with Gasteiger partial charge in [-0.15, -0.1) is 0 Å². The number of thioether (sulfide) groups is 1. The molecule has 0 aliphatic carbocycles. The van der Waals surface area contributed by atoms with Gasteiger partial charge in [-0.2, -0.15) is 16.1 Å². The monoisotopic (exact) mass is 453 g/mol. The molecule has 0 bridgehead atoms. The van der Waals surface area contributed by atoms with Crippen LogP contribution >= 0.6 is 11.8 Å². The van der Waals surface area contributed by atoms with E-state index in [1.54, 1.807) is 42.1 Å². The van der Waals surface area contributed by atoms with Crippen molar-refractivity contribution < 1.29 is 18.0 Å². The van der Waals surface area contributed by atoms with Crippen LogP contribution < -0.4 is 5.32 Å². The van der Waals surface area contributed by atoms with Gasteiger partial charge < -0.3 is 10.2 Å². The number of nitrogens with one attached hydrogen (secondary N) is 1. The maximum atomic E-state index is 13.0. The van der Waals surface area contributed by atoms with E-state index in [-0.39, 0.29) is 23.3 Å². The zero-order valence-corrected chi connectivity index (χ0v) is 19.1. The summed E-state index contributed by atoms with van der Waals surface area (Å²) in [6.07, 6.45) is 5.82. The third-order valence-corrected chi connectivity index (χ3v) is 8.30. The van der Waals surface area contributed by atoms with Crippen molar-refractivity contribution in [3.05, 3.63) is 30.3 Å². The molecule has 0 radical (unpaired) electrons. The van der Waals surface area contributed by atoms with E-state index < -0.39 is 22.0 Å². The van der Waals surface area contributed by atoms with Crippen molar-refractivity contribution in [1.82, 2.24) is 14.5 Å². The van der Waals surface area contributed by atoms with Crippen LogP contribution in [0, 0.1) is 5.92 Å². The second-order valence-electron chi connectivity index (χ2n) is 7.89. The maximum Gasteiger partial charge on any atom is 0.245 e. The molecule has 2 amide bonds. The molecule has 2 fully saturated rings. The van der Waals surface area contributed by atoms with Gasteiger partial charge in [0.2, 0.25) is 21.8 Å². The number of amides is 2. The van der Waals surface area contributed by atoms with Crippen LogP contribution in [0.3, 0.4) is 0 Å². The van der Waals surface area contributed by atoms with Gasteiger partial charge >= 0.3 is 0 Å². The molecule has 0 aromatic heterocycles. The molecule has 0 saturated carbocycles. The van der Waals surface area contributed by atoms with E-state index in [9.17, 15) is 18.0 Å². The molecular formula is C21H31N3O4S2. The van der Waals surface area contributed by atoms with E-state index >= 15 is 0 Å². The number of piperidine rings is 1. The minimum atomic E-state index is -3.63. The van der Waals surface area contributed by atoms with Gasteiger partial charge in [-0.25, -0.2) is 8.42 Å². The molecule has 2 aliphatic rings. The lowest BCUT2D eigenvalue weighted by Gasteiger charge is -2.32. The molecule has 3 rings (SSSR count). The number of nitrogens with zero attached hydrogens (tertiary/aromatic N) is 2. The number of sulfonamides is 1. The van der Waals surface area contributed by atoms with Crippen molar-refractivity contribution in [3.63, 3.8) is 0 Å². The van der Waals surface area contributed by atoms with Crippen LogP contribution in [0.2, 0.25) is 0 Å². The highest BCUT2D eigenvalue weighted by molar-refractivity contribution is 7.98. The summed E-state index contributed by atoms with van der Waals surface area (Å²) in [6.45, 7) is 2.05. The smallest absolute Gasteiger partial charge is 0.245 e. The summed E-state index contributed by atoms with van der Waals surface area (Å²) >= 11 is 1.64. The van der Waals surface area contributed by atoms with Crippen LogP contribution in [-0.4, -0.2) is 73.7 Å². The highest BCUT2D eigenvalue weighted by Gasteiger charge is 2.35. The van der Waals surface area contributed by atoms with Gasteiger partial charge in [-0.05, 0) is 56.2 Å². The number of carbonyl (C=O) groups is 2. The SMILES string of the molecule is CSCC[C@@H](NC(=O)[C@@H]1CCCN(S(=O)(=O)c2ccccc2)C1)C(=O)N1CCCC1. The van der Waals surface area contributed by atoms with Gasteiger partial charge in [0.25, 0.3) is 0 Å². The van der Waals surface area contributed by atoms with E-state index in [4.69, 9.17) is 0 Å². The second kappa shape index (κ2) is 10.6. The number of hydrogen-bond donors (Lipinski definition) is 1. The van der Waals surface area contributed by atoms with Crippen LogP contribution in [0.5, 0.6) is 0 Å². The molecule has 166 valence electrons. The topological polar surface area (TPSA) is 86.8 Å². The molecular weight excluding hydrogens is 422 g/mol. The summed E-state index contributed by atoms with van der Waals surface area (Å²) in [7, 11) is -3.63. The zero-order chi connectivity index (χ0) is 21.6. The first kappa shape index (κ1) is 23.1. The second-order valence-corrected chi connectivity index (χ2v) is 10.8. The average Bonchev–Trinajstić information content (AvgIpc) is 3.31. The standard InChI is InChI=1S/C21H31N3O4S2/c1-29-15-11-19(21(26)23-12-5-6-13-23)22-20(25)17-8-7-14-24(16-17)30(27,28)18-9-3-2-4-10-18/h2-4,9-10,17,19H,5-8,11-16H2,1H3,(H,22,25)/t17-,19-/m1/s1. The fourth-order valence-corrected chi connectivity index (χ4v) is 6.07. The van der Waals surface area contributed by atoms with Crippen molar-refractivity contribution in [2.45, 2.75) is 43.0 Å². The van der Waals surface area contributed by atoms with Crippen molar-refractivity contribution in [2.75, 3.05) is 38.2 Å². The van der Waals surface area contributed by atoms with Crippen molar-refractivity contribution >= 4 is 33.6 Å². The van der Waals surface area contributed by atoms with Gasteiger partial charge in [-0.1, -0.05) is 18.2 Å². The number of hydrogen-bond acceptors (Lipinski definition) is 5.